The lowest BCUT2D eigenvalue weighted by atomic mass is 9.75. The second-order valence-electron chi connectivity index (χ2n) is 5.55. The van der Waals surface area contributed by atoms with Gasteiger partial charge in [0.15, 0.2) is 0 Å². The molecule has 0 spiro atoms. The Morgan fingerprint density at radius 1 is 1.22 bits per heavy atom. The Morgan fingerprint density at radius 2 is 1.89 bits per heavy atom. The van der Waals surface area contributed by atoms with Gasteiger partial charge in [-0.1, -0.05) is 19.3 Å². The average Bonchev–Trinajstić information content (AvgIpc) is 2.37. The fraction of sp³-hybridized carbons (Fsp3) is 0.846. The zero-order valence-corrected chi connectivity index (χ0v) is 10.9. The van der Waals surface area contributed by atoms with E-state index in [0.29, 0.717) is 5.92 Å². The molecule has 2 rings (SSSR count). The van der Waals surface area contributed by atoms with Gasteiger partial charge in [-0.05, 0) is 31.6 Å². The van der Waals surface area contributed by atoms with Gasteiger partial charge in [0.1, 0.15) is 6.04 Å². The molecule has 3 atom stereocenters. The van der Waals surface area contributed by atoms with Gasteiger partial charge in [0, 0.05) is 13.1 Å². The molecule has 0 aromatic heterocycles. The number of likely N-dealkylation sites (tertiary alicyclic amines) is 1. The van der Waals surface area contributed by atoms with Crippen molar-refractivity contribution in [2.75, 3.05) is 13.1 Å². The molecule has 1 saturated carbocycles. The predicted octanol–water partition coefficient (Wildman–Crippen LogP) is 1.68. The van der Waals surface area contributed by atoms with E-state index in [1.807, 2.05) is 0 Å². The zero-order chi connectivity index (χ0) is 13.1. The Kier molecular flexibility index (Phi) is 4.09. The van der Waals surface area contributed by atoms with E-state index in [1.54, 1.807) is 4.90 Å². The van der Waals surface area contributed by atoms with Gasteiger partial charge in [-0.15, -0.1) is 0 Å². The van der Waals surface area contributed by atoms with Crippen molar-refractivity contribution in [3.8, 4) is 0 Å². The minimum Gasteiger partial charge on any atom is -0.480 e. The first-order valence-corrected chi connectivity index (χ1v) is 6.86. The number of carboxylic acids is 1. The van der Waals surface area contributed by atoms with Crippen molar-refractivity contribution < 1.29 is 14.7 Å². The number of carbonyl (C=O) groups is 2. The average molecular weight is 254 g/mol. The first-order chi connectivity index (χ1) is 8.58. The lowest BCUT2D eigenvalue weighted by Crippen LogP contribution is -2.51. The van der Waals surface area contributed by atoms with Gasteiger partial charge in [0.2, 0.25) is 0 Å². The van der Waals surface area contributed by atoms with Crippen LogP contribution < -0.4 is 5.32 Å². The Bertz CT molecular complexity index is 332. The first-order valence-electron chi connectivity index (χ1n) is 6.86. The van der Waals surface area contributed by atoms with Crippen molar-refractivity contribution >= 4 is 12.0 Å². The summed E-state index contributed by atoms with van der Waals surface area (Å²) in [6.45, 7) is 3.05. The molecule has 5 heteroatoms. The van der Waals surface area contributed by atoms with Crippen LogP contribution in [0.25, 0.3) is 0 Å². The molecule has 0 aromatic rings. The van der Waals surface area contributed by atoms with Crippen LogP contribution in [0.15, 0.2) is 0 Å². The van der Waals surface area contributed by atoms with Crippen molar-refractivity contribution in [3.63, 3.8) is 0 Å². The summed E-state index contributed by atoms with van der Waals surface area (Å²) in [5.74, 6) is 0.411. The molecular formula is C13H22N2O3. The third-order valence-electron chi connectivity index (χ3n) is 4.29. The van der Waals surface area contributed by atoms with Gasteiger partial charge in [0.25, 0.3) is 0 Å². The van der Waals surface area contributed by atoms with E-state index in [0.717, 1.165) is 25.4 Å². The van der Waals surface area contributed by atoms with Gasteiger partial charge in [-0.2, -0.15) is 0 Å². The van der Waals surface area contributed by atoms with E-state index in [-0.39, 0.29) is 6.03 Å². The Morgan fingerprint density at radius 3 is 2.56 bits per heavy atom. The molecule has 2 N–H and O–H groups in total. The molecule has 2 fully saturated rings. The summed E-state index contributed by atoms with van der Waals surface area (Å²) < 4.78 is 0. The summed E-state index contributed by atoms with van der Waals surface area (Å²) in [6.07, 6.45) is 6.17. The number of nitrogens with one attached hydrogen (secondary N) is 1. The van der Waals surface area contributed by atoms with Crippen LogP contribution in [-0.2, 0) is 4.79 Å². The maximum Gasteiger partial charge on any atom is 0.325 e. The maximum atomic E-state index is 11.9. The second kappa shape index (κ2) is 5.59. The van der Waals surface area contributed by atoms with Crippen molar-refractivity contribution in [2.24, 2.45) is 11.8 Å². The molecule has 5 nitrogen and oxygen atoms in total. The molecular weight excluding hydrogens is 232 g/mol. The van der Waals surface area contributed by atoms with Crippen LogP contribution >= 0.6 is 0 Å². The van der Waals surface area contributed by atoms with Crippen molar-refractivity contribution in [2.45, 2.75) is 45.1 Å². The number of nitrogens with zero attached hydrogens (tertiary/aromatic N) is 1. The largest absolute Gasteiger partial charge is 0.480 e. The second-order valence-corrected chi connectivity index (χ2v) is 5.55. The number of rotatable bonds is 2. The molecule has 0 radical (unpaired) electrons. The van der Waals surface area contributed by atoms with E-state index in [2.05, 4.69) is 5.32 Å². The van der Waals surface area contributed by atoms with Crippen molar-refractivity contribution in [1.82, 2.24) is 10.2 Å². The quantitative estimate of drug-likeness (QED) is 0.787. The normalized spacial score (nSPS) is 29.3. The zero-order valence-electron chi connectivity index (χ0n) is 10.9. The summed E-state index contributed by atoms with van der Waals surface area (Å²) in [5, 5.41) is 11.3. The Labute approximate surface area is 108 Å². The Balaban J connectivity index is 1.86. The van der Waals surface area contributed by atoms with Gasteiger partial charge >= 0.3 is 12.0 Å². The molecule has 1 aliphatic carbocycles. The molecule has 1 aliphatic heterocycles. The van der Waals surface area contributed by atoms with Crippen LogP contribution in [0.5, 0.6) is 0 Å². The summed E-state index contributed by atoms with van der Waals surface area (Å²) in [5.41, 5.74) is 0. The summed E-state index contributed by atoms with van der Waals surface area (Å²) in [4.78, 5) is 24.4. The number of urea groups is 1. The van der Waals surface area contributed by atoms with Crippen molar-refractivity contribution in [1.29, 1.82) is 0 Å². The van der Waals surface area contributed by atoms with E-state index >= 15 is 0 Å². The standard InChI is InChI=1S/C13H22N2O3/c1-9(12(16)17)14-13(18)15-7-6-10-4-2-3-5-11(10)8-15/h9-11H,2-8H2,1H3,(H,14,18)(H,16,17)/t9-,10?,11?/m1/s1. The number of carboxylic acid groups (broad SMARTS) is 1. The van der Waals surface area contributed by atoms with Gasteiger partial charge in [-0.25, -0.2) is 4.79 Å². The van der Waals surface area contributed by atoms with Crippen LogP contribution in [0.2, 0.25) is 0 Å². The smallest absolute Gasteiger partial charge is 0.325 e. The molecule has 2 aliphatic rings. The van der Waals surface area contributed by atoms with Crippen LogP contribution in [0.4, 0.5) is 4.79 Å². The molecule has 1 heterocycles. The SMILES string of the molecule is C[C@@H](NC(=O)N1CCC2CCCCC2C1)C(=O)O. The van der Waals surface area contributed by atoms with Crippen LogP contribution in [0, 0.1) is 11.8 Å². The lowest BCUT2D eigenvalue weighted by Gasteiger charge is -2.41. The number of piperidine rings is 1. The monoisotopic (exact) mass is 254 g/mol. The fourth-order valence-electron chi connectivity index (χ4n) is 3.12. The maximum absolute atomic E-state index is 11.9. The molecule has 2 unspecified atom stereocenters. The minimum absolute atomic E-state index is 0.228. The fourth-order valence-corrected chi connectivity index (χ4v) is 3.12. The highest BCUT2D eigenvalue weighted by Gasteiger charge is 2.33. The van der Waals surface area contributed by atoms with Crippen LogP contribution in [-0.4, -0.2) is 41.1 Å². The van der Waals surface area contributed by atoms with Crippen LogP contribution in [0.3, 0.4) is 0 Å². The number of amides is 2. The number of aliphatic carboxylic acids is 1. The molecule has 2 amide bonds. The predicted molar refractivity (Wildman–Crippen MR) is 67.3 cm³/mol. The third kappa shape index (κ3) is 2.94. The molecule has 0 bridgehead atoms. The van der Waals surface area contributed by atoms with Crippen molar-refractivity contribution in [3.05, 3.63) is 0 Å². The summed E-state index contributed by atoms with van der Waals surface area (Å²) >= 11 is 0. The highest BCUT2D eigenvalue weighted by atomic mass is 16.4. The number of hydrogen-bond acceptors (Lipinski definition) is 2. The topological polar surface area (TPSA) is 69.6 Å². The van der Waals surface area contributed by atoms with Crippen LogP contribution in [0.1, 0.15) is 39.0 Å². The molecule has 18 heavy (non-hydrogen) atoms. The lowest BCUT2D eigenvalue weighted by molar-refractivity contribution is -0.138. The number of hydrogen-bond donors (Lipinski definition) is 2. The van der Waals surface area contributed by atoms with E-state index in [1.165, 1.54) is 32.6 Å². The third-order valence-corrected chi connectivity index (χ3v) is 4.29. The van der Waals surface area contributed by atoms with Gasteiger partial charge in [0.05, 0.1) is 0 Å². The van der Waals surface area contributed by atoms with E-state index in [4.69, 9.17) is 5.11 Å². The highest BCUT2D eigenvalue weighted by Crippen LogP contribution is 2.35. The summed E-state index contributed by atoms with van der Waals surface area (Å²) in [7, 11) is 0. The summed E-state index contributed by atoms with van der Waals surface area (Å²) in [6, 6.07) is -1.05. The van der Waals surface area contributed by atoms with Gasteiger partial charge < -0.3 is 15.3 Å². The van der Waals surface area contributed by atoms with Gasteiger partial charge in [-0.3, -0.25) is 4.79 Å². The highest BCUT2D eigenvalue weighted by molar-refractivity contribution is 5.82. The molecule has 1 saturated heterocycles. The minimum atomic E-state index is -0.990. The number of carbonyl (C=O) groups excluding carboxylic acids is 1. The van der Waals surface area contributed by atoms with E-state index in [9.17, 15) is 9.59 Å². The Hall–Kier alpha value is -1.26. The van der Waals surface area contributed by atoms with E-state index < -0.39 is 12.0 Å². The molecule has 0 aromatic carbocycles. The molecule has 102 valence electrons. The number of fused-ring (bicyclic) bond motifs is 1. The first kappa shape index (κ1) is 13.2.